The molecule has 2 aromatic rings. The Balaban J connectivity index is 2.00. The number of hydrogen-bond acceptors (Lipinski definition) is 4. The van der Waals surface area contributed by atoms with E-state index in [1.807, 2.05) is 35.9 Å². The lowest BCUT2D eigenvalue weighted by molar-refractivity contribution is 0.363. The third-order valence-corrected chi connectivity index (χ3v) is 3.02. The fraction of sp³-hybridized carbons (Fsp3) is 0.333. The third kappa shape index (κ3) is 3.37. The third-order valence-electron chi connectivity index (χ3n) is 3.02. The first-order chi connectivity index (χ1) is 9.72. The van der Waals surface area contributed by atoms with Crippen molar-refractivity contribution in [3.8, 4) is 18.1 Å². The van der Waals surface area contributed by atoms with E-state index >= 15 is 0 Å². The van der Waals surface area contributed by atoms with Crippen molar-refractivity contribution in [3.05, 3.63) is 42.0 Å². The predicted molar refractivity (Wildman–Crippen MR) is 77.0 cm³/mol. The fourth-order valence-electron chi connectivity index (χ4n) is 1.95. The van der Waals surface area contributed by atoms with Crippen molar-refractivity contribution in [1.82, 2.24) is 20.1 Å². The number of ether oxygens (including phenoxy) is 1. The number of hydrogen-bond donors (Lipinski definition) is 1. The van der Waals surface area contributed by atoms with Crippen LogP contribution in [-0.2, 0) is 13.6 Å². The van der Waals surface area contributed by atoms with Gasteiger partial charge in [-0.3, -0.25) is 0 Å². The smallest absolute Gasteiger partial charge is 0.149 e. The lowest BCUT2D eigenvalue weighted by Crippen LogP contribution is -2.21. The number of aryl methyl sites for hydroxylation is 1. The van der Waals surface area contributed by atoms with Gasteiger partial charge in [0.25, 0.3) is 0 Å². The summed E-state index contributed by atoms with van der Waals surface area (Å²) in [6.45, 7) is 3.00. The molecule has 1 aromatic heterocycles. The molecule has 0 aliphatic carbocycles. The molecule has 0 amide bonds. The second kappa shape index (κ2) is 6.73. The van der Waals surface area contributed by atoms with Crippen molar-refractivity contribution in [1.29, 1.82) is 0 Å². The Hall–Kier alpha value is -2.32. The molecule has 0 bridgehead atoms. The summed E-state index contributed by atoms with van der Waals surface area (Å²) in [7, 11) is 1.93. The summed E-state index contributed by atoms with van der Waals surface area (Å²) in [5.74, 6) is 4.18. The minimum Gasteiger partial charge on any atom is -0.481 e. The lowest BCUT2D eigenvalue weighted by Gasteiger charge is -2.15. The Labute approximate surface area is 119 Å². The highest BCUT2D eigenvalue weighted by Gasteiger charge is 2.11. The zero-order chi connectivity index (χ0) is 14.4. The van der Waals surface area contributed by atoms with E-state index in [1.54, 1.807) is 6.33 Å². The molecule has 104 valence electrons. The molecule has 5 nitrogen and oxygen atoms in total. The van der Waals surface area contributed by atoms with E-state index < -0.39 is 0 Å². The molecule has 0 fully saturated rings. The quantitative estimate of drug-likeness (QED) is 0.811. The van der Waals surface area contributed by atoms with Crippen molar-refractivity contribution in [2.45, 2.75) is 19.5 Å². The van der Waals surface area contributed by atoms with Gasteiger partial charge in [0.2, 0.25) is 0 Å². The zero-order valence-corrected chi connectivity index (χ0v) is 11.7. The highest BCUT2D eigenvalue weighted by atomic mass is 16.5. The lowest BCUT2D eigenvalue weighted by atomic mass is 10.2. The van der Waals surface area contributed by atoms with Crippen LogP contribution in [0.4, 0.5) is 0 Å². The highest BCUT2D eigenvalue weighted by molar-refractivity contribution is 5.33. The van der Waals surface area contributed by atoms with E-state index in [-0.39, 0.29) is 12.6 Å². The minimum atomic E-state index is 0.100. The SMILES string of the molecule is C#CCOc1ccccc1CNC(C)c1nncn1C. The van der Waals surface area contributed by atoms with E-state index in [0.29, 0.717) is 6.54 Å². The molecule has 0 saturated heterocycles. The van der Waals surface area contributed by atoms with Crippen LogP contribution in [-0.4, -0.2) is 21.4 Å². The first-order valence-electron chi connectivity index (χ1n) is 6.44. The number of nitrogens with zero attached hydrogens (tertiary/aromatic N) is 3. The van der Waals surface area contributed by atoms with Crippen LogP contribution in [0.2, 0.25) is 0 Å². The number of terminal acetylenes is 1. The molecule has 1 unspecified atom stereocenters. The Bertz CT molecular complexity index is 600. The van der Waals surface area contributed by atoms with Crippen LogP contribution in [0.5, 0.6) is 5.75 Å². The molecular formula is C15H18N4O. The molecule has 1 atom stereocenters. The summed E-state index contributed by atoms with van der Waals surface area (Å²) in [6.07, 6.45) is 6.91. The molecule has 0 saturated carbocycles. The van der Waals surface area contributed by atoms with Gasteiger partial charge in [-0.25, -0.2) is 0 Å². The van der Waals surface area contributed by atoms with Gasteiger partial charge in [0, 0.05) is 19.2 Å². The van der Waals surface area contributed by atoms with Crippen LogP contribution in [0.3, 0.4) is 0 Å². The molecule has 2 rings (SSSR count). The van der Waals surface area contributed by atoms with E-state index in [2.05, 4.69) is 28.4 Å². The van der Waals surface area contributed by atoms with Gasteiger partial charge in [0.05, 0.1) is 6.04 Å². The van der Waals surface area contributed by atoms with E-state index in [1.165, 1.54) is 0 Å². The highest BCUT2D eigenvalue weighted by Crippen LogP contribution is 2.19. The van der Waals surface area contributed by atoms with Crippen molar-refractivity contribution in [3.63, 3.8) is 0 Å². The van der Waals surface area contributed by atoms with Gasteiger partial charge in [-0.05, 0) is 13.0 Å². The predicted octanol–water partition coefficient (Wildman–Crippen LogP) is 1.68. The van der Waals surface area contributed by atoms with Gasteiger partial charge in [-0.2, -0.15) is 0 Å². The van der Waals surface area contributed by atoms with Gasteiger partial charge >= 0.3 is 0 Å². The van der Waals surface area contributed by atoms with Gasteiger partial charge < -0.3 is 14.6 Å². The minimum absolute atomic E-state index is 0.100. The number of aromatic nitrogens is 3. The van der Waals surface area contributed by atoms with Crippen molar-refractivity contribution in [2.24, 2.45) is 7.05 Å². The van der Waals surface area contributed by atoms with Crippen LogP contribution in [0, 0.1) is 12.3 Å². The first kappa shape index (κ1) is 14.1. The Morgan fingerprint density at radius 2 is 2.25 bits per heavy atom. The van der Waals surface area contributed by atoms with Gasteiger partial charge in [-0.1, -0.05) is 24.1 Å². The molecule has 1 aromatic carbocycles. The first-order valence-corrected chi connectivity index (χ1v) is 6.44. The largest absolute Gasteiger partial charge is 0.481 e. The normalized spacial score (nSPS) is 11.8. The van der Waals surface area contributed by atoms with Gasteiger partial charge in [-0.15, -0.1) is 16.6 Å². The molecule has 20 heavy (non-hydrogen) atoms. The summed E-state index contributed by atoms with van der Waals surface area (Å²) in [6, 6.07) is 7.95. The van der Waals surface area contributed by atoms with Crippen LogP contribution in [0.15, 0.2) is 30.6 Å². The average Bonchev–Trinajstić information content (AvgIpc) is 2.89. The number of rotatable bonds is 6. The zero-order valence-electron chi connectivity index (χ0n) is 11.7. The average molecular weight is 270 g/mol. The molecular weight excluding hydrogens is 252 g/mol. The van der Waals surface area contributed by atoms with Crippen LogP contribution < -0.4 is 10.1 Å². The summed E-state index contributed by atoms with van der Waals surface area (Å²) in [5, 5.41) is 11.4. The molecule has 0 spiro atoms. The van der Waals surface area contributed by atoms with Crippen molar-refractivity contribution >= 4 is 0 Å². The molecule has 1 heterocycles. The maximum absolute atomic E-state index is 5.52. The molecule has 0 aliphatic heterocycles. The molecule has 0 aliphatic rings. The topological polar surface area (TPSA) is 52.0 Å². The summed E-state index contributed by atoms with van der Waals surface area (Å²) >= 11 is 0. The second-order valence-electron chi connectivity index (χ2n) is 4.50. The Morgan fingerprint density at radius 3 is 2.95 bits per heavy atom. The standard InChI is InChI=1S/C15H18N4O/c1-4-9-20-14-8-6-5-7-13(14)10-16-12(2)15-18-17-11-19(15)3/h1,5-8,11-12,16H,9-10H2,2-3H3. The van der Waals surface area contributed by atoms with Crippen molar-refractivity contribution < 1.29 is 4.74 Å². The van der Waals surface area contributed by atoms with Crippen LogP contribution in [0.1, 0.15) is 24.4 Å². The van der Waals surface area contributed by atoms with Crippen LogP contribution in [0.25, 0.3) is 0 Å². The Kier molecular flexibility index (Phi) is 4.75. The van der Waals surface area contributed by atoms with Gasteiger partial charge in [0.15, 0.2) is 0 Å². The fourth-order valence-corrected chi connectivity index (χ4v) is 1.95. The molecule has 0 radical (unpaired) electrons. The van der Waals surface area contributed by atoms with E-state index in [4.69, 9.17) is 11.2 Å². The summed E-state index contributed by atoms with van der Waals surface area (Å²) in [5.41, 5.74) is 1.07. The number of para-hydroxylation sites is 1. The summed E-state index contributed by atoms with van der Waals surface area (Å²) in [4.78, 5) is 0. The van der Waals surface area contributed by atoms with E-state index in [0.717, 1.165) is 17.1 Å². The maximum atomic E-state index is 5.52. The Morgan fingerprint density at radius 1 is 1.45 bits per heavy atom. The molecule has 5 heteroatoms. The van der Waals surface area contributed by atoms with Crippen LogP contribution >= 0.6 is 0 Å². The molecule has 1 N–H and O–H groups in total. The van der Waals surface area contributed by atoms with E-state index in [9.17, 15) is 0 Å². The second-order valence-corrected chi connectivity index (χ2v) is 4.50. The monoisotopic (exact) mass is 270 g/mol. The maximum Gasteiger partial charge on any atom is 0.149 e. The van der Waals surface area contributed by atoms with Gasteiger partial charge in [0.1, 0.15) is 24.5 Å². The number of benzene rings is 1. The number of nitrogens with one attached hydrogen (secondary N) is 1. The summed E-state index contributed by atoms with van der Waals surface area (Å²) < 4.78 is 7.42. The van der Waals surface area contributed by atoms with Crippen molar-refractivity contribution in [2.75, 3.05) is 6.61 Å².